The maximum atomic E-state index is 12.2. The van der Waals surface area contributed by atoms with Gasteiger partial charge < -0.3 is 15.7 Å². The predicted octanol–water partition coefficient (Wildman–Crippen LogP) is 1.17. The maximum absolute atomic E-state index is 12.2. The molecule has 1 atom stereocenters. The van der Waals surface area contributed by atoms with Crippen LogP contribution in [0.15, 0.2) is 18.2 Å². The third kappa shape index (κ3) is 3.17. The first-order chi connectivity index (χ1) is 9.49. The van der Waals surface area contributed by atoms with Gasteiger partial charge in [0, 0.05) is 12.1 Å². The number of amides is 1. The van der Waals surface area contributed by atoms with Crippen molar-refractivity contribution >= 4 is 11.9 Å². The quantitative estimate of drug-likeness (QED) is 0.771. The monoisotopic (exact) mass is 276 g/mol. The number of fused-ring (bicyclic) bond motifs is 1. The summed E-state index contributed by atoms with van der Waals surface area (Å²) in [6, 6.07) is 4.70. The lowest BCUT2D eigenvalue weighted by atomic mass is 9.98. The molecule has 3 N–H and O–H groups in total. The minimum absolute atomic E-state index is 0.157. The summed E-state index contributed by atoms with van der Waals surface area (Å²) >= 11 is 0. The molecule has 20 heavy (non-hydrogen) atoms. The highest BCUT2D eigenvalue weighted by Crippen LogP contribution is 2.16. The molecule has 1 amide bonds. The zero-order valence-electron chi connectivity index (χ0n) is 11.8. The Hall–Kier alpha value is -1.88. The van der Waals surface area contributed by atoms with Crippen molar-refractivity contribution in [2.45, 2.75) is 32.9 Å². The van der Waals surface area contributed by atoms with Crippen molar-refractivity contribution in [1.29, 1.82) is 0 Å². The Balaban J connectivity index is 2.15. The third-order valence-electron chi connectivity index (χ3n) is 3.57. The van der Waals surface area contributed by atoms with Gasteiger partial charge in [0.1, 0.15) is 6.04 Å². The molecule has 1 aliphatic rings. The number of rotatable bonds is 4. The standard InChI is InChI=1S/C15H20N2O3/c1-9(2)13(15(19)20)17-14(18)11-4-3-10-5-6-16-8-12(10)7-11/h3-4,7,9,13,16H,5-6,8H2,1-2H3,(H,17,18)(H,19,20). The molecule has 0 radical (unpaired) electrons. The van der Waals surface area contributed by atoms with E-state index in [2.05, 4.69) is 10.6 Å². The topological polar surface area (TPSA) is 78.4 Å². The van der Waals surface area contributed by atoms with Crippen LogP contribution >= 0.6 is 0 Å². The first-order valence-electron chi connectivity index (χ1n) is 6.85. The summed E-state index contributed by atoms with van der Waals surface area (Å²) in [7, 11) is 0. The highest BCUT2D eigenvalue weighted by atomic mass is 16.4. The fourth-order valence-electron chi connectivity index (χ4n) is 2.36. The summed E-state index contributed by atoms with van der Waals surface area (Å²) in [5.41, 5.74) is 2.87. The van der Waals surface area contributed by atoms with E-state index in [0.717, 1.165) is 25.1 Å². The van der Waals surface area contributed by atoms with Gasteiger partial charge in [-0.05, 0) is 42.1 Å². The molecule has 1 unspecified atom stereocenters. The van der Waals surface area contributed by atoms with Crippen LogP contribution < -0.4 is 10.6 Å². The summed E-state index contributed by atoms with van der Waals surface area (Å²) in [4.78, 5) is 23.3. The van der Waals surface area contributed by atoms with Crippen LogP contribution in [0, 0.1) is 5.92 Å². The van der Waals surface area contributed by atoms with Crippen molar-refractivity contribution in [3.8, 4) is 0 Å². The van der Waals surface area contributed by atoms with Gasteiger partial charge in [0.25, 0.3) is 5.91 Å². The Morgan fingerprint density at radius 3 is 2.70 bits per heavy atom. The van der Waals surface area contributed by atoms with Gasteiger partial charge in [0.05, 0.1) is 0 Å². The SMILES string of the molecule is CC(C)C(NC(=O)c1ccc2c(c1)CNCC2)C(=O)O. The molecule has 2 rings (SSSR count). The molecule has 108 valence electrons. The number of carboxylic acid groups (broad SMARTS) is 1. The van der Waals surface area contributed by atoms with Gasteiger partial charge in [-0.1, -0.05) is 19.9 Å². The number of hydrogen-bond acceptors (Lipinski definition) is 3. The Bertz CT molecular complexity index is 526. The van der Waals surface area contributed by atoms with E-state index < -0.39 is 12.0 Å². The lowest BCUT2D eigenvalue weighted by Crippen LogP contribution is -2.44. The highest BCUT2D eigenvalue weighted by molar-refractivity contribution is 5.96. The van der Waals surface area contributed by atoms with E-state index in [1.165, 1.54) is 5.56 Å². The average Bonchev–Trinajstić information content (AvgIpc) is 2.43. The number of nitrogens with one attached hydrogen (secondary N) is 2. The Morgan fingerprint density at radius 2 is 2.05 bits per heavy atom. The van der Waals surface area contributed by atoms with Crippen molar-refractivity contribution in [3.05, 3.63) is 34.9 Å². The number of hydrogen-bond donors (Lipinski definition) is 3. The molecule has 1 aromatic carbocycles. The van der Waals surface area contributed by atoms with Crippen LogP contribution in [0.1, 0.15) is 35.3 Å². The molecule has 0 bridgehead atoms. The van der Waals surface area contributed by atoms with E-state index in [0.29, 0.717) is 5.56 Å². The number of carbonyl (C=O) groups is 2. The van der Waals surface area contributed by atoms with Gasteiger partial charge in [-0.15, -0.1) is 0 Å². The molecule has 5 heteroatoms. The molecule has 5 nitrogen and oxygen atoms in total. The Kier molecular flexibility index (Phi) is 4.39. The molecule has 0 aromatic heterocycles. The molecule has 0 saturated heterocycles. The van der Waals surface area contributed by atoms with E-state index in [-0.39, 0.29) is 11.8 Å². The van der Waals surface area contributed by atoms with Gasteiger partial charge >= 0.3 is 5.97 Å². The first-order valence-corrected chi connectivity index (χ1v) is 6.85. The van der Waals surface area contributed by atoms with Gasteiger partial charge in [-0.25, -0.2) is 4.79 Å². The summed E-state index contributed by atoms with van der Waals surface area (Å²) < 4.78 is 0. The van der Waals surface area contributed by atoms with Gasteiger partial charge in [-0.2, -0.15) is 0 Å². The average molecular weight is 276 g/mol. The summed E-state index contributed by atoms with van der Waals surface area (Å²) in [6.45, 7) is 5.25. The number of benzene rings is 1. The summed E-state index contributed by atoms with van der Waals surface area (Å²) in [5.74, 6) is -1.50. The van der Waals surface area contributed by atoms with E-state index in [1.807, 2.05) is 12.1 Å². The van der Waals surface area contributed by atoms with Gasteiger partial charge in [0.15, 0.2) is 0 Å². The smallest absolute Gasteiger partial charge is 0.326 e. The minimum atomic E-state index is -1.01. The fourth-order valence-corrected chi connectivity index (χ4v) is 2.36. The molecule has 1 heterocycles. The molecule has 0 aliphatic carbocycles. The van der Waals surface area contributed by atoms with E-state index >= 15 is 0 Å². The molecule has 1 aliphatic heterocycles. The minimum Gasteiger partial charge on any atom is -0.480 e. The second-order valence-corrected chi connectivity index (χ2v) is 5.44. The summed E-state index contributed by atoms with van der Waals surface area (Å²) in [6.07, 6.45) is 0.959. The number of carbonyl (C=O) groups excluding carboxylic acids is 1. The number of carboxylic acids is 1. The van der Waals surface area contributed by atoms with Crippen LogP contribution in [0.2, 0.25) is 0 Å². The summed E-state index contributed by atoms with van der Waals surface area (Å²) in [5, 5.41) is 14.9. The van der Waals surface area contributed by atoms with Crippen molar-refractivity contribution in [2.75, 3.05) is 6.54 Å². The third-order valence-corrected chi connectivity index (χ3v) is 3.57. The Labute approximate surface area is 118 Å². The van der Waals surface area contributed by atoms with Crippen LogP contribution in [0.3, 0.4) is 0 Å². The lowest BCUT2D eigenvalue weighted by Gasteiger charge is -2.20. The normalized spacial score (nSPS) is 15.6. The largest absolute Gasteiger partial charge is 0.480 e. The van der Waals surface area contributed by atoms with Gasteiger partial charge in [0.2, 0.25) is 0 Å². The van der Waals surface area contributed by atoms with Crippen molar-refractivity contribution in [2.24, 2.45) is 5.92 Å². The van der Waals surface area contributed by atoms with Crippen LogP contribution in [0.4, 0.5) is 0 Å². The highest BCUT2D eigenvalue weighted by Gasteiger charge is 2.24. The van der Waals surface area contributed by atoms with Crippen LogP contribution in [-0.2, 0) is 17.8 Å². The maximum Gasteiger partial charge on any atom is 0.326 e. The first kappa shape index (κ1) is 14.5. The second kappa shape index (κ2) is 6.05. The van der Waals surface area contributed by atoms with E-state index in [4.69, 9.17) is 5.11 Å². The van der Waals surface area contributed by atoms with Gasteiger partial charge in [-0.3, -0.25) is 4.79 Å². The second-order valence-electron chi connectivity index (χ2n) is 5.44. The van der Waals surface area contributed by atoms with Crippen molar-refractivity contribution in [1.82, 2.24) is 10.6 Å². The van der Waals surface area contributed by atoms with Crippen molar-refractivity contribution < 1.29 is 14.7 Å². The predicted molar refractivity (Wildman–Crippen MR) is 75.6 cm³/mol. The fraction of sp³-hybridized carbons (Fsp3) is 0.467. The lowest BCUT2D eigenvalue weighted by molar-refractivity contribution is -0.140. The zero-order valence-corrected chi connectivity index (χ0v) is 11.8. The molecule has 0 saturated carbocycles. The van der Waals surface area contributed by atoms with Crippen LogP contribution in [0.5, 0.6) is 0 Å². The molecule has 1 aromatic rings. The number of aliphatic carboxylic acids is 1. The Morgan fingerprint density at radius 1 is 1.30 bits per heavy atom. The molecular weight excluding hydrogens is 256 g/mol. The molecule has 0 spiro atoms. The van der Waals surface area contributed by atoms with Crippen molar-refractivity contribution in [3.63, 3.8) is 0 Å². The van der Waals surface area contributed by atoms with E-state index in [1.54, 1.807) is 19.9 Å². The molecule has 0 fully saturated rings. The van der Waals surface area contributed by atoms with Crippen LogP contribution in [0.25, 0.3) is 0 Å². The van der Waals surface area contributed by atoms with Crippen LogP contribution in [-0.4, -0.2) is 29.6 Å². The zero-order chi connectivity index (χ0) is 14.7. The van der Waals surface area contributed by atoms with E-state index in [9.17, 15) is 9.59 Å². The molecular formula is C15H20N2O3.